The van der Waals surface area contributed by atoms with E-state index in [1.807, 2.05) is 29.2 Å². The number of amides is 3. The number of fused-ring (bicyclic) bond motifs is 4. The van der Waals surface area contributed by atoms with E-state index in [0.717, 1.165) is 31.5 Å². The fourth-order valence-corrected chi connectivity index (χ4v) is 5.87. The number of likely N-dealkylation sites (tertiary alicyclic amines) is 2. The predicted molar refractivity (Wildman–Crippen MR) is 148 cm³/mol. The Bertz CT molecular complexity index is 1290. The summed E-state index contributed by atoms with van der Waals surface area (Å²) in [7, 11) is 0. The quantitative estimate of drug-likeness (QED) is 0.587. The molecule has 11 nitrogen and oxygen atoms in total. The fraction of sp³-hybridized carbons (Fsp3) is 0.552. The molecular weight excluding hydrogens is 512 g/mol. The van der Waals surface area contributed by atoms with Crippen molar-refractivity contribution < 1.29 is 19.1 Å². The summed E-state index contributed by atoms with van der Waals surface area (Å²) in [6.07, 6.45) is 5.27. The molecule has 0 radical (unpaired) electrons. The first-order valence-corrected chi connectivity index (χ1v) is 14.2. The number of ether oxygens (including phenoxy) is 1. The van der Waals surface area contributed by atoms with Crippen molar-refractivity contribution in [3.05, 3.63) is 57.8 Å². The average molecular weight is 551 g/mol. The lowest BCUT2D eigenvalue weighted by Crippen LogP contribution is -2.44. The average Bonchev–Trinajstić information content (AvgIpc) is 3.40. The normalized spacial score (nSPS) is 22.6. The molecule has 3 amide bonds. The summed E-state index contributed by atoms with van der Waals surface area (Å²) in [6, 6.07) is 7.74. The van der Waals surface area contributed by atoms with Gasteiger partial charge in [0.05, 0.1) is 19.1 Å². The first kappa shape index (κ1) is 27.8. The monoisotopic (exact) mass is 550 g/mol. The number of aromatic amines is 1. The van der Waals surface area contributed by atoms with Crippen molar-refractivity contribution in [3.63, 3.8) is 0 Å². The highest BCUT2D eigenvalue weighted by Crippen LogP contribution is 2.35. The zero-order valence-corrected chi connectivity index (χ0v) is 23.1. The maximum Gasteiger partial charge on any atom is 0.263 e. The number of nitrogens with zero attached hydrogens (tertiary/aromatic N) is 4. The number of piperidine rings is 1. The Labute approximate surface area is 233 Å². The fourth-order valence-electron chi connectivity index (χ4n) is 5.87. The molecule has 5 rings (SSSR count). The van der Waals surface area contributed by atoms with E-state index in [4.69, 9.17) is 4.74 Å². The molecule has 2 N–H and O–H groups in total. The van der Waals surface area contributed by atoms with Crippen molar-refractivity contribution in [2.45, 2.75) is 38.5 Å². The van der Waals surface area contributed by atoms with Crippen LogP contribution in [0.5, 0.6) is 5.75 Å². The van der Waals surface area contributed by atoms with Crippen LogP contribution in [0.4, 0.5) is 0 Å². The summed E-state index contributed by atoms with van der Waals surface area (Å²) in [6.45, 7) is 5.93. The summed E-state index contributed by atoms with van der Waals surface area (Å²) in [5, 5.41) is 3.00. The zero-order chi connectivity index (χ0) is 28.1. The minimum absolute atomic E-state index is 0.0367. The number of hydrogen-bond donors (Lipinski definition) is 2. The molecule has 1 aromatic carbocycles. The summed E-state index contributed by atoms with van der Waals surface area (Å²) in [5.74, 6) is 0.00263. The molecule has 2 bridgehead atoms. The van der Waals surface area contributed by atoms with Crippen LogP contribution in [0.3, 0.4) is 0 Å². The molecule has 2 saturated heterocycles. The smallest absolute Gasteiger partial charge is 0.263 e. The zero-order valence-electron chi connectivity index (χ0n) is 23.1. The second-order valence-electron chi connectivity index (χ2n) is 10.9. The number of carbonyl (C=O) groups is 3. The predicted octanol–water partition coefficient (Wildman–Crippen LogP) is 1.15. The number of rotatable bonds is 3. The van der Waals surface area contributed by atoms with Gasteiger partial charge in [0.1, 0.15) is 17.1 Å². The van der Waals surface area contributed by atoms with Crippen LogP contribution in [-0.4, -0.2) is 101 Å². The Morgan fingerprint density at radius 2 is 1.80 bits per heavy atom. The van der Waals surface area contributed by atoms with E-state index in [0.29, 0.717) is 50.8 Å². The van der Waals surface area contributed by atoms with Crippen LogP contribution >= 0.6 is 0 Å². The topological polar surface area (TPSA) is 128 Å². The number of H-pyrrole nitrogens is 1. The molecule has 11 heteroatoms. The van der Waals surface area contributed by atoms with Crippen LogP contribution in [0.15, 0.2) is 35.3 Å². The number of hydrogen-bond acceptors (Lipinski definition) is 7. The summed E-state index contributed by atoms with van der Waals surface area (Å²) in [4.78, 5) is 64.6. The molecule has 0 saturated carbocycles. The van der Waals surface area contributed by atoms with Gasteiger partial charge in [0.2, 0.25) is 11.8 Å². The highest BCUT2D eigenvalue weighted by Gasteiger charge is 2.40. The Morgan fingerprint density at radius 3 is 2.60 bits per heavy atom. The molecule has 0 unspecified atom stereocenters. The third-order valence-electron chi connectivity index (χ3n) is 8.07. The van der Waals surface area contributed by atoms with Gasteiger partial charge in [-0.2, -0.15) is 0 Å². The molecule has 2 atom stereocenters. The number of aryl methyl sites for hydroxylation is 1. The van der Waals surface area contributed by atoms with Gasteiger partial charge >= 0.3 is 0 Å². The van der Waals surface area contributed by atoms with Crippen LogP contribution < -0.4 is 15.6 Å². The van der Waals surface area contributed by atoms with E-state index < -0.39 is 17.4 Å². The SMILES string of the molecule is Cc1ncc(C(=O)N2CCCOc3cccc(c3)[C@H]3CN(C(=O)CN4CCCCC4)C[C@@H]3C(=O)NCC2)c(=O)[nH]1. The maximum absolute atomic E-state index is 13.5. The molecule has 1 aromatic heterocycles. The first-order valence-electron chi connectivity index (χ1n) is 14.2. The standard InChI is InChI=1S/C29H38N6O5/c1-20-31-16-23(28(38)32-20)29(39)34-12-6-14-40-22-8-5-7-21(15-22)24-17-35(18-25(24)27(37)30-9-13-34)26(36)19-33-10-3-2-4-11-33/h5,7-8,15-16,24-25H,2-4,6,9-14,17-19H2,1H3,(H,30,37)(H,31,32,38)/t24-,25+/m1/s1. The van der Waals surface area contributed by atoms with E-state index in [-0.39, 0.29) is 36.4 Å². The highest BCUT2D eigenvalue weighted by atomic mass is 16.5. The molecule has 4 heterocycles. The lowest BCUT2D eigenvalue weighted by atomic mass is 9.88. The maximum atomic E-state index is 13.5. The Hall–Kier alpha value is -3.73. The molecule has 3 aliphatic rings. The second kappa shape index (κ2) is 12.6. The Kier molecular flexibility index (Phi) is 8.78. The van der Waals surface area contributed by atoms with Crippen LogP contribution in [0.1, 0.15) is 53.3 Å². The third-order valence-corrected chi connectivity index (χ3v) is 8.07. The van der Waals surface area contributed by atoms with Gasteiger partial charge < -0.3 is 24.8 Å². The van der Waals surface area contributed by atoms with E-state index in [2.05, 4.69) is 20.2 Å². The van der Waals surface area contributed by atoms with Crippen molar-refractivity contribution in [1.29, 1.82) is 0 Å². The Morgan fingerprint density at radius 1 is 1.00 bits per heavy atom. The molecular formula is C29H38N6O5. The summed E-state index contributed by atoms with van der Waals surface area (Å²) < 4.78 is 6.01. The molecule has 0 spiro atoms. The van der Waals surface area contributed by atoms with Gasteiger partial charge in [0, 0.05) is 44.8 Å². The third kappa shape index (κ3) is 6.52. The van der Waals surface area contributed by atoms with Crippen LogP contribution in [-0.2, 0) is 9.59 Å². The van der Waals surface area contributed by atoms with Gasteiger partial charge in [-0.1, -0.05) is 18.6 Å². The van der Waals surface area contributed by atoms with E-state index >= 15 is 0 Å². The number of aromatic nitrogens is 2. The van der Waals surface area contributed by atoms with Crippen molar-refractivity contribution in [3.8, 4) is 5.75 Å². The van der Waals surface area contributed by atoms with Gasteiger partial charge in [0.25, 0.3) is 11.5 Å². The molecule has 3 aliphatic heterocycles. The summed E-state index contributed by atoms with van der Waals surface area (Å²) >= 11 is 0. The number of nitrogens with one attached hydrogen (secondary N) is 2. The van der Waals surface area contributed by atoms with Gasteiger partial charge in [-0.25, -0.2) is 4.98 Å². The molecule has 40 heavy (non-hydrogen) atoms. The van der Waals surface area contributed by atoms with Crippen LogP contribution in [0, 0.1) is 12.8 Å². The largest absolute Gasteiger partial charge is 0.494 e. The van der Waals surface area contributed by atoms with E-state index in [9.17, 15) is 19.2 Å². The number of carbonyl (C=O) groups excluding carboxylic acids is 3. The first-order chi connectivity index (χ1) is 19.4. The second-order valence-corrected chi connectivity index (χ2v) is 10.9. The Balaban J connectivity index is 1.33. The van der Waals surface area contributed by atoms with Gasteiger partial charge in [-0.05, 0) is 57.0 Å². The molecule has 214 valence electrons. The van der Waals surface area contributed by atoms with Crippen LogP contribution in [0.25, 0.3) is 0 Å². The van der Waals surface area contributed by atoms with E-state index in [1.54, 1.807) is 11.8 Å². The van der Waals surface area contributed by atoms with Crippen molar-refractivity contribution >= 4 is 17.7 Å². The van der Waals surface area contributed by atoms with Gasteiger partial charge in [-0.3, -0.25) is 24.1 Å². The molecule has 2 aromatic rings. The highest BCUT2D eigenvalue weighted by molar-refractivity contribution is 5.93. The summed E-state index contributed by atoms with van der Waals surface area (Å²) in [5.41, 5.74) is 0.452. The van der Waals surface area contributed by atoms with Crippen molar-refractivity contribution in [2.24, 2.45) is 5.92 Å². The van der Waals surface area contributed by atoms with Crippen LogP contribution in [0.2, 0.25) is 0 Å². The lowest BCUT2D eigenvalue weighted by molar-refractivity contribution is -0.132. The number of benzene rings is 1. The molecule has 2 fully saturated rings. The lowest BCUT2D eigenvalue weighted by Gasteiger charge is -2.28. The van der Waals surface area contributed by atoms with Crippen molar-refractivity contribution in [1.82, 2.24) is 30.0 Å². The minimum Gasteiger partial charge on any atom is -0.494 e. The van der Waals surface area contributed by atoms with E-state index in [1.165, 1.54) is 12.6 Å². The van der Waals surface area contributed by atoms with Crippen molar-refractivity contribution in [2.75, 3.05) is 59.0 Å². The molecule has 0 aliphatic carbocycles. The van der Waals surface area contributed by atoms with Gasteiger partial charge in [-0.15, -0.1) is 0 Å². The minimum atomic E-state index is -0.489. The van der Waals surface area contributed by atoms with Gasteiger partial charge in [0.15, 0.2) is 0 Å².